The highest BCUT2D eigenvalue weighted by Crippen LogP contribution is 2.28. The maximum atomic E-state index is 12.6. The quantitative estimate of drug-likeness (QED) is 0.890. The van der Waals surface area contributed by atoms with Crippen LogP contribution < -0.4 is 4.74 Å². The molecule has 1 amide bonds. The lowest BCUT2D eigenvalue weighted by atomic mass is 9.94. The smallest absolute Gasteiger partial charge is 0.225 e. The van der Waals surface area contributed by atoms with Gasteiger partial charge >= 0.3 is 0 Å². The molecule has 5 heteroatoms. The molecule has 25 heavy (non-hydrogen) atoms. The number of rotatable bonds is 5. The van der Waals surface area contributed by atoms with Crippen LogP contribution in [0.4, 0.5) is 0 Å². The lowest BCUT2D eigenvalue weighted by molar-refractivity contribution is -0.138. The molecule has 2 heterocycles. The number of phenols is 1. The monoisotopic (exact) mass is 346 g/mol. The van der Waals surface area contributed by atoms with E-state index in [1.807, 2.05) is 19.1 Å². The van der Waals surface area contributed by atoms with Crippen molar-refractivity contribution in [2.75, 3.05) is 32.8 Å². The van der Waals surface area contributed by atoms with Crippen LogP contribution in [0.25, 0.3) is 0 Å². The van der Waals surface area contributed by atoms with Gasteiger partial charge in [0, 0.05) is 25.6 Å². The summed E-state index contributed by atoms with van der Waals surface area (Å²) in [5.41, 5.74) is 1.14. The van der Waals surface area contributed by atoms with Gasteiger partial charge < -0.3 is 14.7 Å². The Balaban J connectivity index is 1.50. The molecule has 2 aliphatic rings. The number of carbonyl (C=O) groups is 1. The largest absolute Gasteiger partial charge is 0.504 e. The Morgan fingerprint density at radius 2 is 1.88 bits per heavy atom. The average Bonchev–Trinajstić information content (AvgIpc) is 2.65. The third-order valence-corrected chi connectivity index (χ3v) is 5.33. The maximum absolute atomic E-state index is 12.6. The summed E-state index contributed by atoms with van der Waals surface area (Å²) in [6, 6.07) is 5.57. The minimum Gasteiger partial charge on any atom is -0.504 e. The SMILES string of the molecule is CCOc1cc(CN2CCC(C(=O)N3CCCCC3)CC2)ccc1O. The van der Waals surface area contributed by atoms with E-state index in [0.29, 0.717) is 18.3 Å². The molecule has 0 atom stereocenters. The van der Waals surface area contributed by atoms with Crippen LogP contribution in [-0.2, 0) is 11.3 Å². The van der Waals surface area contributed by atoms with Crippen LogP contribution in [0, 0.1) is 5.92 Å². The molecule has 3 rings (SSSR count). The second-order valence-electron chi connectivity index (χ2n) is 7.17. The lowest BCUT2D eigenvalue weighted by Gasteiger charge is -2.35. The second-order valence-corrected chi connectivity index (χ2v) is 7.17. The number of phenolic OH excluding ortho intramolecular Hbond substituents is 1. The Hall–Kier alpha value is -1.75. The zero-order valence-electron chi connectivity index (χ0n) is 15.2. The topological polar surface area (TPSA) is 53.0 Å². The van der Waals surface area contributed by atoms with Gasteiger partial charge in [0.2, 0.25) is 5.91 Å². The summed E-state index contributed by atoms with van der Waals surface area (Å²) >= 11 is 0. The minimum atomic E-state index is 0.191. The summed E-state index contributed by atoms with van der Waals surface area (Å²) in [4.78, 5) is 17.1. The molecule has 2 aliphatic heterocycles. The maximum Gasteiger partial charge on any atom is 0.225 e. The van der Waals surface area contributed by atoms with E-state index < -0.39 is 0 Å². The van der Waals surface area contributed by atoms with Crippen molar-refractivity contribution in [1.82, 2.24) is 9.80 Å². The fraction of sp³-hybridized carbons (Fsp3) is 0.650. The third kappa shape index (κ3) is 4.66. The molecule has 1 aromatic rings. The van der Waals surface area contributed by atoms with Crippen LogP contribution in [0.1, 0.15) is 44.6 Å². The summed E-state index contributed by atoms with van der Waals surface area (Å²) in [5, 5.41) is 9.81. The van der Waals surface area contributed by atoms with E-state index >= 15 is 0 Å². The second kappa shape index (κ2) is 8.56. The molecular formula is C20H30N2O3. The Morgan fingerprint density at radius 3 is 2.56 bits per heavy atom. The number of carbonyl (C=O) groups excluding carboxylic acids is 1. The molecule has 2 saturated heterocycles. The van der Waals surface area contributed by atoms with Crippen molar-refractivity contribution in [1.29, 1.82) is 0 Å². The van der Waals surface area contributed by atoms with Gasteiger partial charge in [-0.25, -0.2) is 0 Å². The number of piperidine rings is 2. The fourth-order valence-electron chi connectivity index (χ4n) is 3.90. The predicted molar refractivity (Wildman–Crippen MR) is 97.7 cm³/mol. The van der Waals surface area contributed by atoms with Gasteiger partial charge in [0.25, 0.3) is 0 Å². The number of nitrogens with zero attached hydrogens (tertiary/aromatic N) is 2. The summed E-state index contributed by atoms with van der Waals surface area (Å²) in [7, 11) is 0. The molecule has 2 fully saturated rings. The average molecular weight is 346 g/mol. The zero-order valence-corrected chi connectivity index (χ0v) is 15.2. The van der Waals surface area contributed by atoms with Crippen LogP contribution in [-0.4, -0.2) is 53.6 Å². The molecule has 0 bridgehead atoms. The van der Waals surface area contributed by atoms with E-state index in [9.17, 15) is 9.90 Å². The minimum absolute atomic E-state index is 0.191. The van der Waals surface area contributed by atoms with Crippen molar-refractivity contribution >= 4 is 5.91 Å². The van der Waals surface area contributed by atoms with Crippen LogP contribution in [0.3, 0.4) is 0 Å². The predicted octanol–water partition coefficient (Wildman–Crippen LogP) is 3.02. The van der Waals surface area contributed by atoms with Crippen molar-refractivity contribution in [2.45, 2.75) is 45.6 Å². The Kier molecular flexibility index (Phi) is 6.19. The first-order valence-electron chi connectivity index (χ1n) is 9.63. The molecule has 1 N–H and O–H groups in total. The van der Waals surface area contributed by atoms with Gasteiger partial charge in [-0.3, -0.25) is 9.69 Å². The summed E-state index contributed by atoms with van der Waals surface area (Å²) in [5.74, 6) is 1.32. The Labute approximate surface area is 150 Å². The molecular weight excluding hydrogens is 316 g/mol. The van der Waals surface area contributed by atoms with E-state index in [1.165, 1.54) is 6.42 Å². The lowest BCUT2D eigenvalue weighted by Crippen LogP contribution is -2.44. The number of benzene rings is 1. The molecule has 138 valence electrons. The molecule has 0 aliphatic carbocycles. The van der Waals surface area contributed by atoms with Gasteiger partial charge in [-0.1, -0.05) is 6.07 Å². The molecule has 1 aromatic carbocycles. The van der Waals surface area contributed by atoms with Gasteiger partial charge in [-0.15, -0.1) is 0 Å². The summed E-state index contributed by atoms with van der Waals surface area (Å²) < 4.78 is 5.46. The van der Waals surface area contributed by atoms with Crippen molar-refractivity contribution < 1.29 is 14.6 Å². The van der Waals surface area contributed by atoms with Crippen LogP contribution in [0.15, 0.2) is 18.2 Å². The van der Waals surface area contributed by atoms with E-state index in [1.54, 1.807) is 6.07 Å². The van der Waals surface area contributed by atoms with Crippen molar-refractivity contribution in [3.8, 4) is 11.5 Å². The standard InChI is InChI=1S/C20H30N2O3/c1-2-25-19-14-16(6-7-18(19)23)15-21-12-8-17(9-13-21)20(24)22-10-4-3-5-11-22/h6-7,14,17,23H,2-5,8-13,15H2,1H3. The molecule has 0 unspecified atom stereocenters. The van der Waals surface area contributed by atoms with Crippen molar-refractivity contribution in [3.63, 3.8) is 0 Å². The highest BCUT2D eigenvalue weighted by atomic mass is 16.5. The first-order valence-corrected chi connectivity index (χ1v) is 9.63. The number of hydrogen-bond donors (Lipinski definition) is 1. The highest BCUT2D eigenvalue weighted by Gasteiger charge is 2.29. The van der Waals surface area contributed by atoms with Gasteiger partial charge in [-0.2, -0.15) is 0 Å². The molecule has 0 spiro atoms. The first kappa shape index (κ1) is 18.1. The van der Waals surface area contributed by atoms with Crippen molar-refractivity contribution in [2.24, 2.45) is 5.92 Å². The number of likely N-dealkylation sites (tertiary alicyclic amines) is 2. The normalized spacial score (nSPS) is 19.8. The molecule has 0 aromatic heterocycles. The molecule has 0 saturated carbocycles. The van der Waals surface area contributed by atoms with Crippen LogP contribution >= 0.6 is 0 Å². The molecule has 5 nitrogen and oxygen atoms in total. The van der Waals surface area contributed by atoms with Gasteiger partial charge in [0.05, 0.1) is 6.61 Å². The van der Waals surface area contributed by atoms with Gasteiger partial charge in [0.15, 0.2) is 11.5 Å². The van der Waals surface area contributed by atoms with Crippen molar-refractivity contribution in [3.05, 3.63) is 23.8 Å². The number of hydrogen-bond acceptors (Lipinski definition) is 4. The zero-order chi connectivity index (χ0) is 17.6. The first-order chi connectivity index (χ1) is 12.2. The third-order valence-electron chi connectivity index (χ3n) is 5.33. The number of ether oxygens (including phenoxy) is 1. The summed E-state index contributed by atoms with van der Waals surface area (Å²) in [6.07, 6.45) is 5.48. The van der Waals surface area contributed by atoms with Gasteiger partial charge in [0.1, 0.15) is 0 Å². The van der Waals surface area contributed by atoms with E-state index in [-0.39, 0.29) is 11.7 Å². The van der Waals surface area contributed by atoms with Crippen LogP contribution in [0.5, 0.6) is 11.5 Å². The van der Waals surface area contributed by atoms with E-state index in [4.69, 9.17) is 4.74 Å². The number of amides is 1. The highest BCUT2D eigenvalue weighted by molar-refractivity contribution is 5.79. The fourth-order valence-corrected chi connectivity index (χ4v) is 3.90. The van der Waals surface area contributed by atoms with Gasteiger partial charge in [-0.05, 0) is 69.8 Å². The summed E-state index contributed by atoms with van der Waals surface area (Å²) in [6.45, 7) is 7.10. The Bertz CT molecular complexity index is 576. The molecule has 0 radical (unpaired) electrons. The van der Waals surface area contributed by atoms with Crippen LogP contribution in [0.2, 0.25) is 0 Å². The Morgan fingerprint density at radius 1 is 1.16 bits per heavy atom. The number of aromatic hydroxyl groups is 1. The van der Waals surface area contributed by atoms with E-state index in [2.05, 4.69) is 9.80 Å². The van der Waals surface area contributed by atoms with E-state index in [0.717, 1.165) is 64.0 Å².